The highest BCUT2D eigenvalue weighted by atomic mass is 32.2. The van der Waals surface area contributed by atoms with Crippen molar-refractivity contribution >= 4 is 16.8 Å². The van der Waals surface area contributed by atoms with Gasteiger partial charge in [0.2, 0.25) is 0 Å². The Morgan fingerprint density at radius 3 is 2.50 bits per heavy atom. The lowest BCUT2D eigenvalue weighted by atomic mass is 10.3. The maximum Gasteiger partial charge on any atom is 0.322 e. The molecule has 0 saturated carbocycles. The number of nitrogens with one attached hydrogen (secondary N) is 1. The minimum Gasteiger partial charge on any atom is -0.468 e. The van der Waals surface area contributed by atoms with Gasteiger partial charge in [0.1, 0.15) is 6.04 Å². The van der Waals surface area contributed by atoms with Crippen molar-refractivity contribution in [1.29, 1.82) is 0 Å². The molecule has 3 unspecified atom stereocenters. The Bertz CT molecular complexity index is 208. The van der Waals surface area contributed by atoms with E-state index in [4.69, 9.17) is 0 Å². The van der Waals surface area contributed by atoms with Crippen LogP contribution in [0.4, 0.5) is 0 Å². The van der Waals surface area contributed by atoms with Crippen molar-refractivity contribution < 1.29 is 13.7 Å². The van der Waals surface area contributed by atoms with Gasteiger partial charge in [-0.15, -0.1) is 0 Å². The van der Waals surface area contributed by atoms with Gasteiger partial charge in [-0.25, -0.2) is 0 Å². The van der Waals surface area contributed by atoms with Crippen LogP contribution in [0.3, 0.4) is 0 Å². The van der Waals surface area contributed by atoms with E-state index in [-0.39, 0.29) is 17.3 Å². The number of hydrogen-bond acceptors (Lipinski definition) is 4. The molecule has 4 nitrogen and oxygen atoms in total. The van der Waals surface area contributed by atoms with Crippen LogP contribution in [0.2, 0.25) is 0 Å². The monoisotopic (exact) mass is 221 g/mol. The van der Waals surface area contributed by atoms with Gasteiger partial charge in [0.25, 0.3) is 0 Å². The zero-order valence-corrected chi connectivity index (χ0v) is 10.0. The first-order valence-corrected chi connectivity index (χ1v) is 6.24. The number of methoxy groups -OCH3 is 1. The molecule has 0 aromatic rings. The SMILES string of the molecule is COC(=O)C(C)NCCC(C)S(C)=O. The Hall–Kier alpha value is -0.420. The van der Waals surface area contributed by atoms with Crippen LogP contribution < -0.4 is 5.32 Å². The molecule has 0 fully saturated rings. The maximum absolute atomic E-state index is 11.0. The second-order valence-corrected chi connectivity index (χ2v) is 5.10. The lowest BCUT2D eigenvalue weighted by Gasteiger charge is -2.13. The van der Waals surface area contributed by atoms with Crippen LogP contribution in [0.1, 0.15) is 20.3 Å². The fourth-order valence-electron chi connectivity index (χ4n) is 0.929. The van der Waals surface area contributed by atoms with Crippen molar-refractivity contribution in [2.24, 2.45) is 0 Å². The molecule has 1 N–H and O–H groups in total. The first-order valence-electron chi connectivity index (χ1n) is 4.62. The van der Waals surface area contributed by atoms with Crippen LogP contribution in [-0.2, 0) is 20.3 Å². The Morgan fingerprint density at radius 2 is 2.07 bits per heavy atom. The smallest absolute Gasteiger partial charge is 0.322 e. The molecular weight excluding hydrogens is 202 g/mol. The summed E-state index contributed by atoms with van der Waals surface area (Å²) in [7, 11) is 0.572. The van der Waals surface area contributed by atoms with Crippen LogP contribution >= 0.6 is 0 Å². The summed E-state index contributed by atoms with van der Waals surface area (Å²) in [5, 5.41) is 3.17. The molecule has 0 radical (unpaired) electrons. The lowest BCUT2D eigenvalue weighted by Crippen LogP contribution is -2.36. The summed E-state index contributed by atoms with van der Waals surface area (Å²) in [5.74, 6) is -0.268. The van der Waals surface area contributed by atoms with E-state index in [1.165, 1.54) is 7.11 Å². The molecule has 0 rings (SSSR count). The van der Waals surface area contributed by atoms with E-state index in [1.807, 2.05) is 6.92 Å². The number of hydrogen-bond donors (Lipinski definition) is 1. The molecule has 84 valence electrons. The minimum atomic E-state index is -0.794. The standard InChI is InChI=1S/C9H19NO3S/c1-7(14(4)12)5-6-10-8(2)9(11)13-3/h7-8,10H,5-6H2,1-4H3. The third-order valence-corrected chi connectivity index (χ3v) is 3.49. The van der Waals surface area contributed by atoms with E-state index in [1.54, 1.807) is 13.2 Å². The number of carbonyl (C=O) groups excluding carboxylic acids is 1. The molecule has 5 heteroatoms. The van der Waals surface area contributed by atoms with Crippen LogP contribution in [0.15, 0.2) is 0 Å². The van der Waals surface area contributed by atoms with Crippen LogP contribution in [-0.4, -0.2) is 41.4 Å². The van der Waals surface area contributed by atoms with E-state index in [0.717, 1.165) is 6.42 Å². The average molecular weight is 221 g/mol. The second kappa shape index (κ2) is 6.95. The van der Waals surface area contributed by atoms with Crippen molar-refractivity contribution in [1.82, 2.24) is 5.32 Å². The van der Waals surface area contributed by atoms with Gasteiger partial charge in [-0.2, -0.15) is 0 Å². The lowest BCUT2D eigenvalue weighted by molar-refractivity contribution is -0.142. The number of carbonyl (C=O) groups is 1. The van der Waals surface area contributed by atoms with Gasteiger partial charge in [-0.05, 0) is 19.9 Å². The number of rotatable bonds is 6. The first-order chi connectivity index (χ1) is 6.49. The molecule has 14 heavy (non-hydrogen) atoms. The Labute approximate surface area is 87.9 Å². The van der Waals surface area contributed by atoms with Gasteiger partial charge < -0.3 is 10.1 Å². The fraction of sp³-hybridized carbons (Fsp3) is 0.889. The van der Waals surface area contributed by atoms with E-state index in [0.29, 0.717) is 6.54 Å². The summed E-state index contributed by atoms with van der Waals surface area (Å²) in [6.45, 7) is 4.36. The normalized spacial score (nSPS) is 17.1. The van der Waals surface area contributed by atoms with Crippen molar-refractivity contribution in [2.45, 2.75) is 31.6 Å². The molecule has 0 aromatic carbocycles. The van der Waals surface area contributed by atoms with E-state index >= 15 is 0 Å². The van der Waals surface area contributed by atoms with E-state index in [9.17, 15) is 9.00 Å². The van der Waals surface area contributed by atoms with Crippen LogP contribution in [0, 0.1) is 0 Å². The molecule has 0 amide bonds. The molecule has 3 atom stereocenters. The molecule has 0 saturated heterocycles. The highest BCUT2D eigenvalue weighted by Gasteiger charge is 2.12. The van der Waals surface area contributed by atoms with E-state index < -0.39 is 10.8 Å². The molecule has 0 aliphatic heterocycles. The minimum absolute atomic E-state index is 0.160. The van der Waals surface area contributed by atoms with Gasteiger partial charge in [-0.3, -0.25) is 9.00 Å². The first kappa shape index (κ1) is 13.6. The van der Waals surface area contributed by atoms with Gasteiger partial charge in [0.05, 0.1) is 7.11 Å². The average Bonchev–Trinajstić information content (AvgIpc) is 2.15. The Morgan fingerprint density at radius 1 is 1.50 bits per heavy atom. The van der Waals surface area contributed by atoms with E-state index in [2.05, 4.69) is 10.1 Å². The summed E-state index contributed by atoms with van der Waals surface area (Å²) in [4.78, 5) is 11.0. The van der Waals surface area contributed by atoms with Crippen molar-refractivity contribution in [3.63, 3.8) is 0 Å². The van der Waals surface area contributed by atoms with Gasteiger partial charge in [0.15, 0.2) is 0 Å². The summed E-state index contributed by atoms with van der Waals surface area (Å²) in [5.41, 5.74) is 0. The Kier molecular flexibility index (Phi) is 6.74. The van der Waals surface area contributed by atoms with Crippen LogP contribution in [0.5, 0.6) is 0 Å². The molecule has 0 heterocycles. The molecule has 0 aliphatic rings. The zero-order valence-electron chi connectivity index (χ0n) is 9.20. The molecular formula is C9H19NO3S. The summed E-state index contributed by atoms with van der Waals surface area (Å²) in [6, 6.07) is -0.294. The second-order valence-electron chi connectivity index (χ2n) is 3.30. The highest BCUT2D eigenvalue weighted by molar-refractivity contribution is 7.84. The maximum atomic E-state index is 11.0. The van der Waals surface area contributed by atoms with Gasteiger partial charge in [-0.1, -0.05) is 6.92 Å². The molecule has 0 aromatic heterocycles. The third-order valence-electron chi connectivity index (χ3n) is 2.12. The predicted molar refractivity (Wildman–Crippen MR) is 57.6 cm³/mol. The summed E-state index contributed by atoms with van der Waals surface area (Å²) in [6.07, 6.45) is 2.48. The van der Waals surface area contributed by atoms with Gasteiger partial charge >= 0.3 is 5.97 Å². The quantitative estimate of drug-likeness (QED) is 0.655. The van der Waals surface area contributed by atoms with Crippen molar-refractivity contribution in [2.75, 3.05) is 19.9 Å². The highest BCUT2D eigenvalue weighted by Crippen LogP contribution is 1.98. The van der Waals surface area contributed by atoms with Crippen LogP contribution in [0.25, 0.3) is 0 Å². The topological polar surface area (TPSA) is 55.4 Å². The third kappa shape index (κ3) is 5.34. The molecule has 0 aliphatic carbocycles. The Balaban J connectivity index is 3.64. The number of ether oxygens (including phenoxy) is 1. The number of esters is 1. The fourth-order valence-corrected chi connectivity index (χ4v) is 1.38. The summed E-state index contributed by atoms with van der Waals surface area (Å²) < 4.78 is 15.6. The molecule has 0 bridgehead atoms. The largest absolute Gasteiger partial charge is 0.468 e. The summed E-state index contributed by atoms with van der Waals surface area (Å²) >= 11 is 0. The van der Waals surface area contributed by atoms with Crippen molar-refractivity contribution in [3.8, 4) is 0 Å². The van der Waals surface area contributed by atoms with Crippen molar-refractivity contribution in [3.05, 3.63) is 0 Å². The van der Waals surface area contributed by atoms with Gasteiger partial charge in [0, 0.05) is 22.3 Å². The molecule has 0 spiro atoms. The zero-order chi connectivity index (χ0) is 11.1. The predicted octanol–water partition coefficient (Wildman–Crippen LogP) is 0.295.